The molecule has 0 spiro atoms. The number of aromatic nitrogens is 2. The molecule has 0 bridgehead atoms. The summed E-state index contributed by atoms with van der Waals surface area (Å²) in [6, 6.07) is 29.0. The van der Waals surface area contributed by atoms with Gasteiger partial charge in [0.2, 0.25) is 0 Å². The fourth-order valence-electron chi connectivity index (χ4n) is 4.72. The SMILES string of the molecule is C[C@H](N)c1cccc(Oc2ccncc2)c1.C[C@H](NC(=O)OC(C)(C)C)c1cccc(O)c1.C[C@H](NC(=O)OC(C)(C)C)c1cccc(Oc2ccncc2)c1. The number of nitrogens with zero attached hydrogens (tertiary/aromatic N) is 2. The van der Waals surface area contributed by atoms with Gasteiger partial charge in [-0.05, 0) is 140 Å². The highest BCUT2D eigenvalue weighted by Crippen LogP contribution is 2.25. The second-order valence-electron chi connectivity index (χ2n) is 14.8. The summed E-state index contributed by atoms with van der Waals surface area (Å²) in [6.07, 6.45) is 5.84. The van der Waals surface area contributed by atoms with Crippen molar-refractivity contribution in [3.63, 3.8) is 0 Å². The van der Waals surface area contributed by atoms with E-state index in [2.05, 4.69) is 20.6 Å². The van der Waals surface area contributed by atoms with E-state index in [1.54, 1.807) is 55.1 Å². The molecule has 2 heterocycles. The maximum atomic E-state index is 11.8. The van der Waals surface area contributed by atoms with Gasteiger partial charge in [0.25, 0.3) is 0 Å². The molecule has 0 radical (unpaired) electrons. The Kier molecular flexibility index (Phi) is 16.7. The van der Waals surface area contributed by atoms with Gasteiger partial charge in [-0.25, -0.2) is 9.59 Å². The van der Waals surface area contributed by atoms with E-state index in [0.717, 1.165) is 28.2 Å². The number of pyridine rings is 2. The van der Waals surface area contributed by atoms with E-state index in [9.17, 15) is 14.7 Å². The minimum absolute atomic E-state index is 0.0148. The molecule has 298 valence electrons. The summed E-state index contributed by atoms with van der Waals surface area (Å²) in [4.78, 5) is 31.3. The molecule has 56 heavy (non-hydrogen) atoms. The minimum atomic E-state index is -0.518. The number of amides is 2. The molecule has 3 aromatic carbocycles. The van der Waals surface area contributed by atoms with E-state index in [-0.39, 0.29) is 23.9 Å². The standard InChI is InChI=1S/C18H22N2O3.C13H14N2O.C13H19NO3/c1-13(20-17(21)23-18(2,3)4)14-6-5-7-16(12-14)22-15-8-10-19-11-9-15;1-10(14)11-3-2-4-13(9-11)16-12-5-7-15-8-6-12;1-9(10-6-5-7-11(15)8-10)14-12(16)17-13(2,3)4/h5-13H,1-4H3,(H,20,21);2-10H,14H2,1H3;5-9,15H,1-4H3,(H,14,16)/t13-;10-;9-/m000/s1. The monoisotopic (exact) mass is 765 g/mol. The van der Waals surface area contributed by atoms with E-state index in [1.807, 2.05) is 129 Å². The van der Waals surface area contributed by atoms with Gasteiger partial charge < -0.3 is 40.4 Å². The zero-order chi connectivity index (χ0) is 41.3. The van der Waals surface area contributed by atoms with Crippen molar-refractivity contribution in [2.45, 2.75) is 91.6 Å². The number of nitrogens with one attached hydrogen (secondary N) is 2. The lowest BCUT2D eigenvalue weighted by molar-refractivity contribution is 0.0496. The third-order valence-electron chi connectivity index (χ3n) is 7.35. The van der Waals surface area contributed by atoms with Crippen LogP contribution < -0.4 is 25.8 Å². The predicted octanol–water partition coefficient (Wildman–Crippen LogP) is 10.3. The third-order valence-corrected chi connectivity index (χ3v) is 7.35. The van der Waals surface area contributed by atoms with Crippen LogP contribution in [0.5, 0.6) is 28.7 Å². The van der Waals surface area contributed by atoms with Gasteiger partial charge in [0, 0.05) is 30.8 Å². The van der Waals surface area contributed by atoms with Gasteiger partial charge in [0.05, 0.1) is 12.1 Å². The maximum Gasteiger partial charge on any atom is 0.408 e. The Morgan fingerprint density at radius 2 is 0.946 bits per heavy atom. The van der Waals surface area contributed by atoms with Gasteiger partial charge in [-0.1, -0.05) is 36.4 Å². The molecular weight excluding hydrogens is 711 g/mol. The largest absolute Gasteiger partial charge is 0.508 e. The Hall–Kier alpha value is -6.14. The summed E-state index contributed by atoms with van der Waals surface area (Å²) in [5, 5.41) is 14.9. The highest BCUT2D eigenvalue weighted by Gasteiger charge is 2.19. The van der Waals surface area contributed by atoms with Crippen molar-refractivity contribution < 1.29 is 33.6 Å². The molecule has 2 amide bonds. The van der Waals surface area contributed by atoms with Crippen LogP contribution in [0.1, 0.15) is 97.1 Å². The molecular formula is C44H55N5O7. The second-order valence-corrected chi connectivity index (χ2v) is 14.8. The van der Waals surface area contributed by atoms with Crippen LogP contribution >= 0.6 is 0 Å². The van der Waals surface area contributed by atoms with E-state index in [0.29, 0.717) is 11.5 Å². The maximum absolute atomic E-state index is 11.8. The Morgan fingerprint density at radius 3 is 1.34 bits per heavy atom. The molecule has 0 aliphatic rings. The summed E-state index contributed by atoms with van der Waals surface area (Å²) >= 11 is 0. The number of ether oxygens (including phenoxy) is 4. The van der Waals surface area contributed by atoms with Crippen molar-refractivity contribution in [1.82, 2.24) is 20.6 Å². The van der Waals surface area contributed by atoms with Gasteiger partial charge in [-0.2, -0.15) is 0 Å². The molecule has 12 nitrogen and oxygen atoms in total. The number of phenolic OH excluding ortho intramolecular Hbond substituents is 1. The van der Waals surface area contributed by atoms with Crippen LogP contribution in [0.2, 0.25) is 0 Å². The van der Waals surface area contributed by atoms with Gasteiger partial charge in [-0.3, -0.25) is 9.97 Å². The molecule has 12 heteroatoms. The van der Waals surface area contributed by atoms with Gasteiger partial charge in [-0.15, -0.1) is 0 Å². The lowest BCUT2D eigenvalue weighted by Gasteiger charge is -2.22. The Morgan fingerprint density at radius 1 is 0.571 bits per heavy atom. The summed E-state index contributed by atoms with van der Waals surface area (Å²) in [6.45, 7) is 16.6. The molecule has 0 fully saturated rings. The molecule has 5 N–H and O–H groups in total. The molecule has 0 aliphatic heterocycles. The van der Waals surface area contributed by atoms with Crippen LogP contribution in [0.4, 0.5) is 9.59 Å². The van der Waals surface area contributed by atoms with E-state index in [1.165, 1.54) is 0 Å². The number of benzene rings is 3. The first-order chi connectivity index (χ1) is 26.4. The molecule has 0 unspecified atom stereocenters. The van der Waals surface area contributed by atoms with Crippen molar-refractivity contribution in [3.05, 3.63) is 139 Å². The average Bonchev–Trinajstić information content (AvgIpc) is 3.11. The first-order valence-corrected chi connectivity index (χ1v) is 18.3. The summed E-state index contributed by atoms with van der Waals surface area (Å²) in [5.74, 6) is 3.16. The number of rotatable bonds is 9. The van der Waals surface area contributed by atoms with Crippen LogP contribution in [0.3, 0.4) is 0 Å². The van der Waals surface area contributed by atoms with E-state index < -0.39 is 23.4 Å². The van der Waals surface area contributed by atoms with Gasteiger partial charge >= 0.3 is 12.2 Å². The summed E-state index contributed by atoms with van der Waals surface area (Å²) < 4.78 is 21.9. The second kappa shape index (κ2) is 21.1. The topological polar surface area (TPSA) is 167 Å². The number of hydrogen-bond acceptors (Lipinski definition) is 10. The number of carbonyl (C=O) groups is 2. The van der Waals surface area contributed by atoms with E-state index in [4.69, 9.17) is 24.7 Å². The zero-order valence-corrected chi connectivity index (χ0v) is 33.6. The van der Waals surface area contributed by atoms with Crippen LogP contribution in [-0.2, 0) is 9.47 Å². The number of alkyl carbamates (subject to hydrolysis) is 2. The summed E-state index contributed by atoms with van der Waals surface area (Å²) in [5.41, 5.74) is 7.61. The number of nitrogens with two attached hydrogens (primary N) is 1. The van der Waals surface area contributed by atoms with Crippen LogP contribution in [0.25, 0.3) is 0 Å². The molecule has 0 aliphatic carbocycles. The molecule has 2 aromatic heterocycles. The quantitative estimate of drug-likeness (QED) is 0.113. The lowest BCUT2D eigenvalue weighted by atomic mass is 10.1. The zero-order valence-electron chi connectivity index (χ0n) is 33.6. The summed E-state index contributed by atoms with van der Waals surface area (Å²) in [7, 11) is 0. The average molecular weight is 766 g/mol. The van der Waals surface area contributed by atoms with Crippen molar-refractivity contribution >= 4 is 12.2 Å². The van der Waals surface area contributed by atoms with Gasteiger partial charge in [0.1, 0.15) is 39.9 Å². The highest BCUT2D eigenvalue weighted by molar-refractivity contribution is 5.68. The Labute approximate surface area is 330 Å². The first-order valence-electron chi connectivity index (χ1n) is 18.3. The van der Waals surface area contributed by atoms with Crippen molar-refractivity contribution in [2.24, 2.45) is 5.73 Å². The smallest absolute Gasteiger partial charge is 0.408 e. The molecule has 3 atom stereocenters. The molecule has 0 saturated heterocycles. The van der Waals surface area contributed by atoms with Crippen LogP contribution in [0.15, 0.2) is 122 Å². The Bertz CT molecular complexity index is 1950. The fourth-order valence-corrected chi connectivity index (χ4v) is 4.72. The third kappa shape index (κ3) is 17.3. The van der Waals surface area contributed by atoms with Crippen molar-refractivity contribution in [1.29, 1.82) is 0 Å². The Balaban J connectivity index is 0.000000230. The van der Waals surface area contributed by atoms with Crippen LogP contribution in [-0.4, -0.2) is 38.5 Å². The lowest BCUT2D eigenvalue weighted by Crippen LogP contribution is -2.34. The predicted molar refractivity (Wildman–Crippen MR) is 218 cm³/mol. The fraction of sp³-hybridized carbons (Fsp3) is 0.318. The number of phenols is 1. The molecule has 0 saturated carbocycles. The minimum Gasteiger partial charge on any atom is -0.508 e. The first kappa shape index (κ1) is 44.3. The normalized spacial score (nSPS) is 12.5. The number of aromatic hydroxyl groups is 1. The van der Waals surface area contributed by atoms with Gasteiger partial charge in [0.15, 0.2) is 0 Å². The number of hydrogen-bond donors (Lipinski definition) is 4. The molecule has 5 aromatic rings. The van der Waals surface area contributed by atoms with E-state index >= 15 is 0 Å². The molecule has 5 rings (SSSR count). The number of carbonyl (C=O) groups excluding carboxylic acids is 2. The van der Waals surface area contributed by atoms with Crippen molar-refractivity contribution in [2.75, 3.05) is 0 Å². The highest BCUT2D eigenvalue weighted by atomic mass is 16.6. The van der Waals surface area contributed by atoms with Crippen molar-refractivity contribution in [3.8, 4) is 28.7 Å². The van der Waals surface area contributed by atoms with Crippen LogP contribution in [0, 0.1) is 0 Å².